The van der Waals surface area contributed by atoms with Crippen molar-refractivity contribution in [2.45, 2.75) is 90.0 Å². The quantitative estimate of drug-likeness (QED) is 0.275. The van der Waals surface area contributed by atoms with E-state index in [9.17, 15) is 45.6 Å². The predicted molar refractivity (Wildman–Crippen MR) is 143 cm³/mol. The van der Waals surface area contributed by atoms with Gasteiger partial charge in [0.25, 0.3) is 0 Å². The van der Waals surface area contributed by atoms with Crippen molar-refractivity contribution in [3.63, 3.8) is 0 Å². The van der Waals surface area contributed by atoms with Crippen LogP contribution >= 0.6 is 0 Å². The summed E-state index contributed by atoms with van der Waals surface area (Å²) in [7, 11) is -6.07. The fraction of sp³-hybridized carbons (Fsp3) is 0.828. The zero-order valence-corrected chi connectivity index (χ0v) is 25.3. The minimum absolute atomic E-state index is 0.0184. The molecule has 0 aliphatic heterocycles. The number of halogens is 3. The van der Waals surface area contributed by atoms with Gasteiger partial charge in [-0.3, -0.25) is 23.7 Å². The number of rotatable bonds is 10. The monoisotopic (exact) mass is 636 g/mol. The Morgan fingerprint density at radius 3 is 2.37 bits per heavy atom. The Kier molecular flexibility index (Phi) is 9.26. The fourth-order valence-corrected chi connectivity index (χ4v) is 9.01. The van der Waals surface area contributed by atoms with E-state index in [1.165, 1.54) is 0 Å². The molecule has 1 unspecified atom stereocenters. The van der Waals surface area contributed by atoms with Gasteiger partial charge in [0.05, 0.1) is 0 Å². The average Bonchev–Trinajstić information content (AvgIpc) is 3.28. The third kappa shape index (κ3) is 6.02. The van der Waals surface area contributed by atoms with Crippen LogP contribution in [0.4, 0.5) is 13.2 Å². The number of ether oxygens (including phenoxy) is 2. The molecular weight excluding hydrogens is 597 g/mol. The van der Waals surface area contributed by atoms with Crippen molar-refractivity contribution in [3.8, 4) is 0 Å². The molecule has 0 amide bonds. The maximum Gasteiger partial charge on any atom is 0.403 e. The Morgan fingerprint density at radius 2 is 1.72 bits per heavy atom. The van der Waals surface area contributed by atoms with Gasteiger partial charge in [0.15, 0.2) is 6.61 Å². The van der Waals surface area contributed by atoms with Crippen LogP contribution in [0.5, 0.6) is 0 Å². The van der Waals surface area contributed by atoms with E-state index in [-0.39, 0.29) is 64.7 Å². The van der Waals surface area contributed by atoms with Gasteiger partial charge in [0, 0.05) is 43.4 Å². The molecule has 4 saturated carbocycles. The number of hydrogen-bond acceptors (Lipinski definition) is 9. The van der Waals surface area contributed by atoms with Gasteiger partial charge in [-0.15, -0.1) is 0 Å². The molecule has 4 fully saturated rings. The SMILES string of the molecule is C[C@H](CCC(=O)OCC(=O)OCC(F)C(F)(F)S(=O)(=O)O)[C@H]1CC[C@H]2[C@@H]3C(=O)C[C@@H]4CC(=O)CC[C@]4(C)[C@H]3CC(=O)[C@]12C. The molecule has 242 valence electrons. The van der Waals surface area contributed by atoms with Crippen LogP contribution in [0.1, 0.15) is 78.6 Å². The lowest BCUT2D eigenvalue weighted by Crippen LogP contribution is -2.60. The lowest BCUT2D eigenvalue weighted by Gasteiger charge is -2.58. The summed E-state index contributed by atoms with van der Waals surface area (Å²) in [5.41, 5.74) is -0.953. The summed E-state index contributed by atoms with van der Waals surface area (Å²) in [6.45, 7) is 3.30. The van der Waals surface area contributed by atoms with Gasteiger partial charge in [-0.05, 0) is 60.7 Å². The summed E-state index contributed by atoms with van der Waals surface area (Å²) in [6, 6.07) is 0. The number of hydrogen-bond donors (Lipinski definition) is 1. The van der Waals surface area contributed by atoms with Crippen LogP contribution in [0.25, 0.3) is 0 Å². The van der Waals surface area contributed by atoms with Crippen molar-refractivity contribution in [2.24, 2.45) is 46.3 Å². The summed E-state index contributed by atoms with van der Waals surface area (Å²) >= 11 is 0. The molecule has 0 bridgehead atoms. The standard InChI is InChI=1S/C29H39F3O10S/c1-15(4-7-24(36)42-14-25(37)41-13-22(30)29(31,32)43(38,39)40)18-5-6-19-26-20(12-23(35)28(18,19)3)27(2)9-8-17(33)10-16(27)11-21(26)34/h15-16,18-20,22,26H,4-14H2,1-3H3,(H,38,39,40)/t15-,16+,18-,19+,20+,22?,26+,27+,28-/m1/s1. The lowest BCUT2D eigenvalue weighted by molar-refractivity contribution is -0.167. The summed E-state index contributed by atoms with van der Waals surface area (Å²) in [5.74, 6) is -2.38. The zero-order valence-electron chi connectivity index (χ0n) is 24.5. The predicted octanol–water partition coefficient (Wildman–Crippen LogP) is 3.89. The Bertz CT molecular complexity index is 1280. The maximum absolute atomic E-state index is 13.9. The van der Waals surface area contributed by atoms with Crippen LogP contribution in [0.3, 0.4) is 0 Å². The first-order chi connectivity index (χ1) is 19.8. The van der Waals surface area contributed by atoms with Gasteiger partial charge in [-0.2, -0.15) is 17.2 Å². The Morgan fingerprint density at radius 1 is 1.05 bits per heavy atom. The number of carbonyl (C=O) groups excluding carboxylic acids is 5. The third-order valence-electron chi connectivity index (χ3n) is 11.2. The molecule has 0 spiro atoms. The number of Topliss-reactive ketones (excluding diaryl/α,β-unsaturated/α-hetero) is 3. The smallest absolute Gasteiger partial charge is 0.403 e. The molecule has 10 nitrogen and oxygen atoms in total. The molecule has 0 aromatic rings. The molecule has 9 atom stereocenters. The largest absolute Gasteiger partial charge is 0.460 e. The minimum atomic E-state index is -6.07. The van der Waals surface area contributed by atoms with E-state index >= 15 is 0 Å². The molecule has 0 aromatic heterocycles. The van der Waals surface area contributed by atoms with Gasteiger partial charge in [-0.25, -0.2) is 9.18 Å². The zero-order chi connectivity index (χ0) is 32.1. The van der Waals surface area contributed by atoms with Gasteiger partial charge in [0.1, 0.15) is 24.0 Å². The topological polar surface area (TPSA) is 158 Å². The fourth-order valence-electron chi connectivity index (χ4n) is 8.61. The van der Waals surface area contributed by atoms with E-state index in [1.807, 2.05) is 13.8 Å². The van der Waals surface area contributed by atoms with Crippen LogP contribution in [-0.2, 0) is 43.6 Å². The van der Waals surface area contributed by atoms with Gasteiger partial charge in [-0.1, -0.05) is 20.8 Å². The van der Waals surface area contributed by atoms with Gasteiger partial charge < -0.3 is 9.47 Å². The Labute approximate surface area is 248 Å². The van der Waals surface area contributed by atoms with Crippen molar-refractivity contribution in [2.75, 3.05) is 13.2 Å². The molecule has 14 heteroatoms. The van der Waals surface area contributed by atoms with Crippen LogP contribution in [0.15, 0.2) is 0 Å². The first-order valence-electron chi connectivity index (χ1n) is 14.7. The highest BCUT2D eigenvalue weighted by Crippen LogP contribution is 2.66. The van der Waals surface area contributed by atoms with E-state index < -0.39 is 52.1 Å². The first kappa shape index (κ1) is 33.5. The molecule has 0 aromatic carbocycles. The van der Waals surface area contributed by atoms with Gasteiger partial charge in [0.2, 0.25) is 6.17 Å². The maximum atomic E-state index is 13.9. The number of alkyl halides is 3. The molecule has 4 aliphatic rings. The molecule has 0 heterocycles. The molecule has 0 saturated heterocycles. The van der Waals surface area contributed by atoms with Gasteiger partial charge >= 0.3 is 27.3 Å². The Balaban J connectivity index is 1.31. The summed E-state index contributed by atoms with van der Waals surface area (Å²) in [4.78, 5) is 63.5. The molecule has 1 N–H and O–H groups in total. The molecule has 0 radical (unpaired) electrons. The molecular formula is C29H39F3O10S. The third-order valence-corrected chi connectivity index (χ3v) is 12.1. The Hall–Kier alpha value is -2.35. The second kappa shape index (κ2) is 11.9. The number of ketones is 3. The number of esters is 2. The summed E-state index contributed by atoms with van der Waals surface area (Å²) < 4.78 is 78.3. The minimum Gasteiger partial charge on any atom is -0.460 e. The van der Waals surface area contributed by atoms with E-state index in [0.29, 0.717) is 51.4 Å². The number of carbonyl (C=O) groups is 5. The summed E-state index contributed by atoms with van der Waals surface area (Å²) in [5, 5.41) is -5.18. The van der Waals surface area contributed by atoms with Crippen LogP contribution in [0, 0.1) is 46.3 Å². The highest BCUT2D eigenvalue weighted by Gasteiger charge is 2.66. The van der Waals surface area contributed by atoms with Crippen molar-refractivity contribution in [3.05, 3.63) is 0 Å². The lowest BCUT2D eigenvalue weighted by atomic mass is 9.44. The second-order valence-corrected chi connectivity index (χ2v) is 14.8. The first-order valence-corrected chi connectivity index (χ1v) is 16.2. The highest BCUT2D eigenvalue weighted by molar-refractivity contribution is 7.86. The van der Waals surface area contributed by atoms with Crippen molar-refractivity contribution in [1.82, 2.24) is 0 Å². The number of fused-ring (bicyclic) bond motifs is 5. The van der Waals surface area contributed by atoms with E-state index in [1.54, 1.807) is 0 Å². The van der Waals surface area contributed by atoms with E-state index in [2.05, 4.69) is 11.7 Å². The van der Waals surface area contributed by atoms with Crippen LogP contribution in [0.2, 0.25) is 0 Å². The van der Waals surface area contributed by atoms with Crippen LogP contribution in [-0.4, -0.2) is 66.9 Å². The normalized spacial score (nSPS) is 35.8. The van der Waals surface area contributed by atoms with Crippen LogP contribution < -0.4 is 0 Å². The van der Waals surface area contributed by atoms with E-state index in [4.69, 9.17) is 9.29 Å². The average molecular weight is 637 g/mol. The van der Waals surface area contributed by atoms with Crippen molar-refractivity contribution in [1.29, 1.82) is 0 Å². The molecule has 4 rings (SSSR count). The summed E-state index contributed by atoms with van der Waals surface area (Å²) in [6.07, 6.45) is 0.317. The second-order valence-electron chi connectivity index (χ2n) is 13.3. The van der Waals surface area contributed by atoms with Crippen molar-refractivity contribution >= 4 is 39.4 Å². The van der Waals surface area contributed by atoms with E-state index in [0.717, 1.165) is 0 Å². The van der Waals surface area contributed by atoms with Crippen molar-refractivity contribution < 1.29 is 59.6 Å². The molecule has 43 heavy (non-hydrogen) atoms. The highest BCUT2D eigenvalue weighted by atomic mass is 32.2. The molecule has 4 aliphatic carbocycles.